The van der Waals surface area contributed by atoms with Gasteiger partial charge in [0.2, 0.25) is 0 Å². The van der Waals surface area contributed by atoms with Crippen LogP contribution >= 0.6 is 11.6 Å². The third-order valence-corrected chi connectivity index (χ3v) is 8.87. The van der Waals surface area contributed by atoms with Gasteiger partial charge in [-0.1, -0.05) is 190 Å². The van der Waals surface area contributed by atoms with Gasteiger partial charge in [0.05, 0.1) is 21.4 Å². The first kappa shape index (κ1) is 60.3. The van der Waals surface area contributed by atoms with Crippen molar-refractivity contribution < 1.29 is 23.0 Å². The predicted molar refractivity (Wildman–Crippen MR) is 286 cm³/mol. The third kappa shape index (κ3) is 32.6. The van der Waals surface area contributed by atoms with Gasteiger partial charge in [0.15, 0.2) is 0 Å². The Morgan fingerprint density at radius 3 is 0.806 bits per heavy atom. The molecular weight excluding hydrogens is 854 g/mol. The Morgan fingerprint density at radius 2 is 0.537 bits per heavy atom. The minimum absolute atomic E-state index is 0.171. The summed E-state index contributed by atoms with van der Waals surface area (Å²) >= 11 is 4.64. The van der Waals surface area contributed by atoms with Gasteiger partial charge in [-0.3, -0.25) is 4.39 Å². The molecule has 0 aliphatic rings. The van der Waals surface area contributed by atoms with E-state index in [1.165, 1.54) is 63.0 Å². The van der Waals surface area contributed by atoms with E-state index in [0.29, 0.717) is 7.18 Å². The second-order valence-corrected chi connectivity index (χ2v) is 15.0. The van der Waals surface area contributed by atoms with Crippen molar-refractivity contribution >= 4 is 11.6 Å². The first-order valence-electron chi connectivity index (χ1n) is 21.8. The minimum Gasteiger partial charge on any atom is -0.497 e. The molecule has 0 aliphatic heterocycles. The van der Waals surface area contributed by atoms with Crippen molar-refractivity contribution in [3.63, 3.8) is 0 Å². The van der Waals surface area contributed by atoms with E-state index >= 15 is 0 Å². The lowest BCUT2D eigenvalue weighted by molar-refractivity contribution is 0.414. The molecule has 67 heavy (non-hydrogen) atoms. The summed E-state index contributed by atoms with van der Waals surface area (Å²) in [6.07, 6.45) is 1.47. The maximum absolute atomic E-state index is 12.1. The van der Waals surface area contributed by atoms with Crippen molar-refractivity contribution in [2.24, 2.45) is 0 Å². The van der Waals surface area contributed by atoms with Crippen LogP contribution in [0.25, 0.3) is 0 Å². The molecule has 0 aromatic heterocycles. The first-order chi connectivity index (χ1) is 32.3. The van der Waals surface area contributed by atoms with Crippen LogP contribution in [0.2, 0.25) is 0 Å². The number of ether oxygens (including phenoxy) is 3. The topological polar surface area (TPSA) is 27.7 Å². The normalized spacial score (nSPS) is 8.90. The standard InChI is InChI=1S/C13H12O.C8H10O.3C8H10.C7H7F.C7H8O.CH3Cl.CH3F/c1-11-6-5-9-13(10-11)14-12-7-3-2-4-8-12;1-7-3-5-8(9-2)6-4-7;3*1-7-3-5-8(2)6-4-7;1-6-2-4-7(8)5-3-6;1-8-7-5-3-2-4-6-7;2*1-2/h2-10H,1H3;3-6H,1-2H3;3*3-6H,1-2H3;2-5H,1H3;2-6H,1H3;2*1H3. The lowest BCUT2D eigenvalue weighted by Crippen LogP contribution is -1.83. The lowest BCUT2D eigenvalue weighted by Gasteiger charge is -2.05. The van der Waals surface area contributed by atoms with Crippen LogP contribution in [0.1, 0.15) is 50.1 Å². The van der Waals surface area contributed by atoms with E-state index in [4.69, 9.17) is 14.2 Å². The van der Waals surface area contributed by atoms with Crippen LogP contribution < -0.4 is 14.2 Å². The highest BCUT2D eigenvalue weighted by atomic mass is 35.5. The summed E-state index contributed by atoms with van der Waals surface area (Å²) in [6.45, 7) is 18.6. The second-order valence-electron chi connectivity index (χ2n) is 15.0. The average molecular weight is 928 g/mol. The number of benzene rings is 8. The van der Waals surface area contributed by atoms with E-state index in [-0.39, 0.29) is 5.82 Å². The molecule has 0 N–H and O–H groups in total. The lowest BCUT2D eigenvalue weighted by atomic mass is 10.2. The molecule has 356 valence electrons. The van der Waals surface area contributed by atoms with Crippen molar-refractivity contribution in [3.05, 3.63) is 262 Å². The molecule has 0 saturated carbocycles. The van der Waals surface area contributed by atoms with Crippen LogP contribution in [0.4, 0.5) is 8.78 Å². The number of hydrogen-bond donors (Lipinski definition) is 0. The number of alkyl halides is 2. The molecule has 0 amide bonds. The third-order valence-electron chi connectivity index (χ3n) is 8.87. The second kappa shape index (κ2) is 38.6. The van der Waals surface area contributed by atoms with Gasteiger partial charge in [-0.15, -0.1) is 11.6 Å². The molecule has 8 rings (SSSR count). The van der Waals surface area contributed by atoms with Gasteiger partial charge in [0.1, 0.15) is 28.8 Å². The van der Waals surface area contributed by atoms with Gasteiger partial charge in [0.25, 0.3) is 0 Å². The molecule has 3 nitrogen and oxygen atoms in total. The SMILES string of the molecule is CCl.CF.COc1ccc(C)cc1.COc1ccccc1.Cc1ccc(C)cc1.Cc1ccc(C)cc1.Cc1ccc(C)cc1.Cc1ccc(F)cc1.Cc1cccc(Oc2ccccc2)c1. The molecule has 0 aliphatic carbocycles. The molecule has 0 saturated heterocycles. The molecule has 0 radical (unpaired) electrons. The minimum atomic E-state index is -0.171. The van der Waals surface area contributed by atoms with Crippen LogP contribution in [0.5, 0.6) is 23.0 Å². The summed E-state index contributed by atoms with van der Waals surface area (Å²) in [5, 5.41) is 0. The number of para-hydroxylation sites is 2. The van der Waals surface area contributed by atoms with Crippen molar-refractivity contribution in [2.45, 2.75) is 62.3 Å². The van der Waals surface area contributed by atoms with Gasteiger partial charge in [-0.25, -0.2) is 4.39 Å². The highest BCUT2D eigenvalue weighted by Gasteiger charge is 1.95. The fourth-order valence-corrected chi connectivity index (χ4v) is 4.98. The zero-order chi connectivity index (χ0) is 50.2. The maximum atomic E-state index is 12.1. The average Bonchev–Trinajstić information content (AvgIpc) is 3.36. The van der Waals surface area contributed by atoms with Gasteiger partial charge < -0.3 is 14.2 Å². The molecular formula is C61H73ClF2O3. The molecule has 0 spiro atoms. The van der Waals surface area contributed by atoms with Crippen LogP contribution in [0.3, 0.4) is 0 Å². The Morgan fingerprint density at radius 1 is 0.284 bits per heavy atom. The number of aryl methyl sites for hydroxylation is 9. The zero-order valence-electron chi connectivity index (χ0n) is 42.0. The van der Waals surface area contributed by atoms with E-state index in [0.717, 1.165) is 28.6 Å². The summed E-state index contributed by atoms with van der Waals surface area (Å²) in [7, 11) is 3.83. The van der Waals surface area contributed by atoms with E-state index < -0.39 is 0 Å². The van der Waals surface area contributed by atoms with Crippen LogP contribution in [0, 0.1) is 68.1 Å². The molecule has 0 heterocycles. The van der Waals surface area contributed by atoms with E-state index in [1.807, 2.05) is 110 Å². The van der Waals surface area contributed by atoms with Crippen LogP contribution in [0.15, 0.2) is 206 Å². The Balaban J connectivity index is 0.000000757. The number of rotatable bonds is 4. The predicted octanol–water partition coefficient (Wildman–Crippen LogP) is 18.0. The fourth-order valence-electron chi connectivity index (χ4n) is 4.98. The Labute approximate surface area is 408 Å². The van der Waals surface area contributed by atoms with Crippen molar-refractivity contribution in [3.8, 4) is 23.0 Å². The van der Waals surface area contributed by atoms with E-state index in [1.54, 1.807) is 26.4 Å². The monoisotopic (exact) mass is 927 g/mol. The quantitative estimate of drug-likeness (QED) is 0.165. The molecule has 0 atom stereocenters. The zero-order valence-corrected chi connectivity index (χ0v) is 42.7. The molecule has 6 heteroatoms. The number of hydrogen-bond acceptors (Lipinski definition) is 3. The number of methoxy groups -OCH3 is 2. The summed E-state index contributed by atoms with van der Waals surface area (Å²) in [5.74, 6) is 3.41. The Hall–Kier alpha value is -6.69. The van der Waals surface area contributed by atoms with Gasteiger partial charge in [-0.05, 0) is 129 Å². The maximum Gasteiger partial charge on any atom is 0.127 e. The molecule has 8 aromatic rings. The van der Waals surface area contributed by atoms with Gasteiger partial charge in [-0.2, -0.15) is 0 Å². The van der Waals surface area contributed by atoms with Crippen molar-refractivity contribution in [1.82, 2.24) is 0 Å². The summed E-state index contributed by atoms with van der Waals surface area (Å²) in [4.78, 5) is 0. The van der Waals surface area contributed by atoms with Gasteiger partial charge in [0, 0.05) is 6.38 Å². The highest BCUT2D eigenvalue weighted by Crippen LogP contribution is 2.21. The molecule has 0 unspecified atom stereocenters. The summed E-state index contributed by atoms with van der Waals surface area (Å²) in [6, 6.07) is 67.3. The largest absolute Gasteiger partial charge is 0.497 e. The summed E-state index contributed by atoms with van der Waals surface area (Å²) < 4.78 is 37.1. The summed E-state index contributed by atoms with van der Waals surface area (Å²) in [5.41, 5.74) is 11.5. The smallest absolute Gasteiger partial charge is 0.127 e. The van der Waals surface area contributed by atoms with Crippen LogP contribution in [-0.4, -0.2) is 27.8 Å². The molecule has 8 aromatic carbocycles. The van der Waals surface area contributed by atoms with E-state index in [2.05, 4.69) is 146 Å². The molecule has 0 fully saturated rings. The van der Waals surface area contributed by atoms with Crippen molar-refractivity contribution in [1.29, 1.82) is 0 Å². The Bertz CT molecular complexity index is 2080. The fraction of sp³-hybridized carbons (Fsp3) is 0.213. The highest BCUT2D eigenvalue weighted by molar-refractivity contribution is 6.15. The first-order valence-corrected chi connectivity index (χ1v) is 22.6. The molecule has 0 bridgehead atoms. The number of halogens is 3. The van der Waals surface area contributed by atoms with E-state index in [9.17, 15) is 8.78 Å². The Kier molecular flexibility index (Phi) is 34.7. The van der Waals surface area contributed by atoms with Crippen LogP contribution in [-0.2, 0) is 0 Å². The van der Waals surface area contributed by atoms with Crippen molar-refractivity contribution in [2.75, 3.05) is 27.8 Å². The van der Waals surface area contributed by atoms with Gasteiger partial charge >= 0.3 is 0 Å².